The summed E-state index contributed by atoms with van der Waals surface area (Å²) < 4.78 is 0. The summed E-state index contributed by atoms with van der Waals surface area (Å²) in [5.74, 6) is 0.348. The van der Waals surface area contributed by atoms with E-state index in [4.69, 9.17) is 10.7 Å². The van der Waals surface area contributed by atoms with Gasteiger partial charge in [0.1, 0.15) is 0 Å². The SMILES string of the molecule is NCCCCN(C[C@@H]1CN(CC[C@H](NC(=O)C2CCC(P)(P)CC2)c2ccccc2)CCN1)[C@H]1CCCc2cccnc21. The Balaban J connectivity index is 1.20. The monoisotopic (exact) mass is 624 g/mol. The number of piperazine rings is 1. The Morgan fingerprint density at radius 3 is 2.74 bits per heavy atom. The third kappa shape index (κ3) is 9.52. The number of carbonyl (C=O) groups is 1. The van der Waals surface area contributed by atoms with Gasteiger partial charge in [-0.25, -0.2) is 0 Å². The summed E-state index contributed by atoms with van der Waals surface area (Å²) in [6.45, 7) is 6.88. The molecule has 2 heterocycles. The maximum absolute atomic E-state index is 13.4. The molecule has 2 aliphatic carbocycles. The molecule has 1 aliphatic heterocycles. The van der Waals surface area contributed by atoms with E-state index in [9.17, 15) is 4.79 Å². The minimum absolute atomic E-state index is 0.0401. The van der Waals surface area contributed by atoms with Gasteiger partial charge in [0.25, 0.3) is 0 Å². The van der Waals surface area contributed by atoms with Crippen LogP contribution in [0.5, 0.6) is 0 Å². The summed E-state index contributed by atoms with van der Waals surface area (Å²) >= 11 is 0. The molecule has 0 spiro atoms. The second-order valence-corrected chi connectivity index (χ2v) is 16.1. The number of benzene rings is 1. The van der Waals surface area contributed by atoms with Crippen molar-refractivity contribution >= 4 is 24.4 Å². The van der Waals surface area contributed by atoms with E-state index in [0.29, 0.717) is 12.1 Å². The van der Waals surface area contributed by atoms with Crippen LogP contribution in [0.2, 0.25) is 0 Å². The largest absolute Gasteiger partial charge is 0.349 e. The van der Waals surface area contributed by atoms with E-state index >= 15 is 0 Å². The van der Waals surface area contributed by atoms with Crippen LogP contribution in [0.3, 0.4) is 0 Å². The zero-order chi connectivity index (χ0) is 30.1. The molecule has 0 radical (unpaired) electrons. The van der Waals surface area contributed by atoms with E-state index < -0.39 is 0 Å². The number of unbranched alkanes of at least 4 members (excludes halogenated alkanes) is 1. The maximum Gasteiger partial charge on any atom is 0.223 e. The summed E-state index contributed by atoms with van der Waals surface area (Å²) in [5, 5.41) is 7.31. The lowest BCUT2D eigenvalue weighted by atomic mass is 9.87. The van der Waals surface area contributed by atoms with E-state index in [-0.39, 0.29) is 22.8 Å². The van der Waals surface area contributed by atoms with Crippen LogP contribution in [0.1, 0.15) is 86.7 Å². The van der Waals surface area contributed by atoms with Crippen molar-refractivity contribution in [2.75, 3.05) is 45.8 Å². The van der Waals surface area contributed by atoms with Crippen molar-refractivity contribution in [3.8, 4) is 0 Å². The van der Waals surface area contributed by atoms with Gasteiger partial charge in [0.15, 0.2) is 0 Å². The number of nitrogens with two attached hydrogens (primary N) is 1. The highest BCUT2D eigenvalue weighted by Crippen LogP contribution is 2.43. The van der Waals surface area contributed by atoms with Crippen molar-refractivity contribution in [1.29, 1.82) is 0 Å². The summed E-state index contributed by atoms with van der Waals surface area (Å²) in [6.07, 6.45) is 12.7. The van der Waals surface area contributed by atoms with Gasteiger partial charge in [0, 0.05) is 50.9 Å². The van der Waals surface area contributed by atoms with Gasteiger partial charge in [-0.15, -0.1) is 18.5 Å². The first-order chi connectivity index (χ1) is 20.9. The van der Waals surface area contributed by atoms with Crippen LogP contribution in [-0.4, -0.2) is 77.4 Å². The third-order valence-electron chi connectivity index (χ3n) is 9.84. The molecular weight excluding hydrogens is 570 g/mol. The normalized spacial score (nSPS) is 23.5. The summed E-state index contributed by atoms with van der Waals surface area (Å²) in [5.41, 5.74) is 9.79. The number of carbonyl (C=O) groups excluding carboxylic acids is 1. The average molecular weight is 625 g/mol. The van der Waals surface area contributed by atoms with Gasteiger partial charge in [0.05, 0.1) is 17.8 Å². The van der Waals surface area contributed by atoms with Crippen LogP contribution in [-0.2, 0) is 11.2 Å². The molecule has 2 fully saturated rings. The molecule has 236 valence electrons. The molecule has 7 nitrogen and oxygen atoms in total. The maximum atomic E-state index is 13.4. The molecule has 5 atom stereocenters. The van der Waals surface area contributed by atoms with E-state index in [1.165, 1.54) is 29.7 Å². The van der Waals surface area contributed by atoms with Crippen LogP contribution in [0, 0.1) is 5.92 Å². The van der Waals surface area contributed by atoms with Crippen LogP contribution >= 0.6 is 18.5 Å². The lowest BCUT2D eigenvalue weighted by molar-refractivity contribution is -0.126. The van der Waals surface area contributed by atoms with Gasteiger partial charge in [-0.2, -0.15) is 0 Å². The van der Waals surface area contributed by atoms with Crippen molar-refractivity contribution < 1.29 is 4.79 Å². The topological polar surface area (TPSA) is 86.5 Å². The number of hydrogen-bond acceptors (Lipinski definition) is 6. The smallest absolute Gasteiger partial charge is 0.223 e. The Hall–Kier alpha value is -1.46. The molecule has 1 saturated heterocycles. The number of pyridine rings is 1. The fraction of sp³-hybridized carbons (Fsp3) is 0.647. The Bertz CT molecular complexity index is 1140. The van der Waals surface area contributed by atoms with Crippen LogP contribution in [0.15, 0.2) is 48.7 Å². The predicted molar refractivity (Wildman–Crippen MR) is 184 cm³/mol. The number of aryl methyl sites for hydroxylation is 1. The molecule has 4 N–H and O–H groups in total. The van der Waals surface area contributed by atoms with Crippen molar-refractivity contribution in [2.45, 2.75) is 87.2 Å². The molecule has 2 aromatic rings. The number of hydrogen-bond donors (Lipinski definition) is 3. The van der Waals surface area contributed by atoms with Gasteiger partial charge in [-0.05, 0) is 99.4 Å². The van der Waals surface area contributed by atoms with Gasteiger partial charge in [0.2, 0.25) is 5.91 Å². The summed E-state index contributed by atoms with van der Waals surface area (Å²) in [4.78, 5) is 23.8. The lowest BCUT2D eigenvalue weighted by Crippen LogP contribution is -2.55. The van der Waals surface area contributed by atoms with E-state index in [2.05, 4.69) is 81.4 Å². The fourth-order valence-corrected chi connectivity index (χ4v) is 7.97. The molecule has 1 saturated carbocycles. The van der Waals surface area contributed by atoms with Crippen molar-refractivity contribution in [3.63, 3.8) is 0 Å². The quantitative estimate of drug-likeness (QED) is 0.222. The zero-order valence-corrected chi connectivity index (χ0v) is 28.2. The highest BCUT2D eigenvalue weighted by Gasteiger charge is 2.33. The minimum Gasteiger partial charge on any atom is -0.349 e. The molecule has 1 aromatic heterocycles. The van der Waals surface area contributed by atoms with Crippen LogP contribution in [0.4, 0.5) is 0 Å². The highest BCUT2D eigenvalue weighted by atomic mass is 31.1. The number of nitrogens with zero attached hydrogens (tertiary/aromatic N) is 3. The molecule has 3 aliphatic rings. The van der Waals surface area contributed by atoms with Crippen LogP contribution < -0.4 is 16.4 Å². The van der Waals surface area contributed by atoms with E-state index in [1.807, 2.05) is 6.20 Å². The average Bonchev–Trinajstić information content (AvgIpc) is 3.03. The summed E-state index contributed by atoms with van der Waals surface area (Å²) in [7, 11) is 5.93. The molecule has 5 rings (SSSR count). The minimum atomic E-state index is 0.0401. The van der Waals surface area contributed by atoms with Gasteiger partial charge < -0.3 is 21.3 Å². The van der Waals surface area contributed by atoms with Crippen LogP contribution in [0.25, 0.3) is 0 Å². The van der Waals surface area contributed by atoms with Crippen molar-refractivity contribution in [2.24, 2.45) is 11.7 Å². The van der Waals surface area contributed by atoms with Gasteiger partial charge in [-0.1, -0.05) is 36.4 Å². The predicted octanol–water partition coefficient (Wildman–Crippen LogP) is 4.66. The molecule has 9 heteroatoms. The number of rotatable bonds is 13. The van der Waals surface area contributed by atoms with E-state index in [1.54, 1.807) is 0 Å². The second kappa shape index (κ2) is 16.2. The Morgan fingerprint density at radius 2 is 1.95 bits per heavy atom. The Kier molecular flexibility index (Phi) is 12.4. The van der Waals surface area contributed by atoms with Crippen molar-refractivity contribution in [3.05, 3.63) is 65.5 Å². The first kappa shape index (κ1) is 32.9. The summed E-state index contributed by atoms with van der Waals surface area (Å²) in [6, 6.07) is 15.7. The fourth-order valence-electron chi connectivity index (χ4n) is 7.30. The zero-order valence-electron chi connectivity index (χ0n) is 25.9. The molecule has 43 heavy (non-hydrogen) atoms. The second-order valence-electron chi connectivity index (χ2n) is 13.2. The Labute approximate surface area is 264 Å². The van der Waals surface area contributed by atoms with Gasteiger partial charge in [-0.3, -0.25) is 14.7 Å². The third-order valence-corrected chi connectivity index (χ3v) is 11.0. The number of nitrogens with one attached hydrogen (secondary N) is 2. The highest BCUT2D eigenvalue weighted by molar-refractivity contribution is 7.39. The molecular formula is C34H54N6OP2. The van der Waals surface area contributed by atoms with Crippen molar-refractivity contribution in [1.82, 2.24) is 25.4 Å². The molecule has 1 amide bonds. The first-order valence-corrected chi connectivity index (χ1v) is 17.8. The first-order valence-electron chi connectivity index (χ1n) is 16.7. The number of amides is 1. The number of aromatic nitrogens is 1. The molecule has 0 bridgehead atoms. The standard InChI is InChI=1S/C34H54N6OP2/c35-18-4-5-21-40(31-12-6-10-27-11-7-19-37-32(27)31)25-29-24-39(23-20-36-29)22-15-30(26-8-2-1-3-9-26)38-33(41)28-13-16-34(42,43)17-14-28/h1-3,7-9,11,19,28-31,36H,4-6,10,12-18,20-25,35,42-43H2,(H,38,41)/t29-,30-,31-/m0/s1. The van der Waals surface area contributed by atoms with Gasteiger partial charge >= 0.3 is 0 Å². The molecule has 2 unspecified atom stereocenters. The molecule has 1 aromatic carbocycles. The Morgan fingerprint density at radius 1 is 1.14 bits per heavy atom. The number of fused-ring (bicyclic) bond motifs is 1. The van der Waals surface area contributed by atoms with E-state index in [0.717, 1.165) is 97.2 Å². The lowest BCUT2D eigenvalue weighted by Gasteiger charge is -2.41.